The number of aryl methyl sites for hydroxylation is 1. The summed E-state index contributed by atoms with van der Waals surface area (Å²) in [5.41, 5.74) is 0.994. The quantitative estimate of drug-likeness (QED) is 0.604. The van der Waals surface area contributed by atoms with Crippen molar-refractivity contribution in [2.75, 3.05) is 0 Å². The highest BCUT2D eigenvalue weighted by Gasteiger charge is 1.95. The van der Waals surface area contributed by atoms with E-state index < -0.39 is 0 Å². The number of carbonyl (C=O) groups is 1. The van der Waals surface area contributed by atoms with Crippen LogP contribution in [0.25, 0.3) is 0 Å². The second-order valence-corrected chi connectivity index (χ2v) is 2.48. The number of aromatic nitrogens is 2. The Balaban J connectivity index is 2.57. The van der Waals surface area contributed by atoms with E-state index in [9.17, 15) is 4.79 Å². The lowest BCUT2D eigenvalue weighted by Crippen LogP contribution is -1.95. The second kappa shape index (κ2) is 3.91. The topological polar surface area (TPSA) is 34.9 Å². The highest BCUT2D eigenvalue weighted by Crippen LogP contribution is 1.97. The molecule has 0 saturated carbocycles. The summed E-state index contributed by atoms with van der Waals surface area (Å²) in [7, 11) is 0. The van der Waals surface area contributed by atoms with E-state index in [1.807, 2.05) is 10.9 Å². The number of hydrogen-bond donors (Lipinski definition) is 0. The van der Waals surface area contributed by atoms with Crippen molar-refractivity contribution in [1.29, 1.82) is 0 Å². The van der Waals surface area contributed by atoms with Crippen molar-refractivity contribution in [2.24, 2.45) is 0 Å². The van der Waals surface area contributed by atoms with Gasteiger partial charge in [-0.3, -0.25) is 4.68 Å². The summed E-state index contributed by atoms with van der Waals surface area (Å²) in [4.78, 5) is 10.1. The highest BCUT2D eigenvalue weighted by molar-refractivity contribution is 5.54. The van der Waals surface area contributed by atoms with Crippen LogP contribution in [0.3, 0.4) is 0 Å². The van der Waals surface area contributed by atoms with E-state index in [4.69, 9.17) is 0 Å². The predicted molar refractivity (Wildman–Crippen MR) is 42.3 cm³/mol. The van der Waals surface area contributed by atoms with Gasteiger partial charge in [-0.05, 0) is 12.0 Å². The number of aldehydes is 1. The number of nitrogens with zero attached hydrogens (tertiary/aromatic N) is 2. The Hall–Kier alpha value is -1.12. The van der Waals surface area contributed by atoms with Gasteiger partial charge in [0.25, 0.3) is 0 Å². The Labute approximate surface area is 66.0 Å². The van der Waals surface area contributed by atoms with Gasteiger partial charge < -0.3 is 4.79 Å². The fourth-order valence-electron chi connectivity index (χ4n) is 0.959. The molecule has 60 valence electrons. The zero-order valence-electron chi connectivity index (χ0n) is 6.66. The van der Waals surface area contributed by atoms with Crippen molar-refractivity contribution in [3.63, 3.8) is 0 Å². The van der Waals surface area contributed by atoms with E-state index in [2.05, 4.69) is 12.0 Å². The predicted octanol–water partition coefficient (Wildman–Crippen LogP) is 1.03. The van der Waals surface area contributed by atoms with Crippen LogP contribution in [-0.2, 0) is 17.8 Å². The number of rotatable bonds is 4. The normalized spacial score (nSPS) is 9.91. The Morgan fingerprint density at radius 2 is 2.55 bits per heavy atom. The third-order valence-corrected chi connectivity index (χ3v) is 1.46. The van der Waals surface area contributed by atoms with Crippen molar-refractivity contribution >= 4 is 6.29 Å². The first kappa shape index (κ1) is 7.98. The first-order valence-electron chi connectivity index (χ1n) is 3.81. The lowest BCUT2D eigenvalue weighted by Gasteiger charge is -1.93. The van der Waals surface area contributed by atoms with E-state index in [-0.39, 0.29) is 0 Å². The molecule has 1 aromatic rings. The van der Waals surface area contributed by atoms with Crippen molar-refractivity contribution in [2.45, 2.75) is 26.3 Å². The molecule has 0 fully saturated rings. The van der Waals surface area contributed by atoms with E-state index in [0.29, 0.717) is 6.42 Å². The molecule has 1 heterocycles. The average molecular weight is 152 g/mol. The minimum Gasteiger partial charge on any atom is -0.303 e. The zero-order valence-corrected chi connectivity index (χ0v) is 6.66. The molecule has 1 aromatic heterocycles. The van der Waals surface area contributed by atoms with Gasteiger partial charge in [0.2, 0.25) is 0 Å². The van der Waals surface area contributed by atoms with Crippen LogP contribution >= 0.6 is 0 Å². The Kier molecular flexibility index (Phi) is 2.83. The molecule has 0 amide bonds. The van der Waals surface area contributed by atoms with Crippen molar-refractivity contribution < 1.29 is 4.79 Å². The molecule has 0 saturated heterocycles. The average Bonchev–Trinajstić information content (AvgIpc) is 2.38. The van der Waals surface area contributed by atoms with Gasteiger partial charge >= 0.3 is 0 Å². The molecule has 0 unspecified atom stereocenters. The van der Waals surface area contributed by atoms with Crippen LogP contribution in [0.1, 0.15) is 18.9 Å². The fourth-order valence-corrected chi connectivity index (χ4v) is 0.959. The molecule has 0 aliphatic carbocycles. The molecule has 1 rings (SSSR count). The molecule has 11 heavy (non-hydrogen) atoms. The summed E-state index contributed by atoms with van der Waals surface area (Å²) in [5, 5.41) is 4.08. The lowest BCUT2D eigenvalue weighted by atomic mass is 10.3. The summed E-state index contributed by atoms with van der Waals surface area (Å²) < 4.78 is 1.86. The maximum Gasteiger partial charge on any atom is 0.124 e. The Morgan fingerprint density at radius 3 is 3.18 bits per heavy atom. The first-order chi connectivity index (χ1) is 5.36. The van der Waals surface area contributed by atoms with Crippen LogP contribution < -0.4 is 0 Å². The van der Waals surface area contributed by atoms with Gasteiger partial charge in [0.05, 0.1) is 6.20 Å². The molecule has 0 N–H and O–H groups in total. The van der Waals surface area contributed by atoms with Crippen LogP contribution in [-0.4, -0.2) is 16.1 Å². The van der Waals surface area contributed by atoms with Crippen LogP contribution in [0.5, 0.6) is 0 Å². The largest absolute Gasteiger partial charge is 0.303 e. The second-order valence-electron chi connectivity index (χ2n) is 2.48. The molecule has 0 aliphatic heterocycles. The molecule has 0 spiro atoms. The van der Waals surface area contributed by atoms with E-state index in [1.54, 1.807) is 6.20 Å². The van der Waals surface area contributed by atoms with E-state index >= 15 is 0 Å². The zero-order chi connectivity index (χ0) is 8.10. The van der Waals surface area contributed by atoms with Gasteiger partial charge in [-0.15, -0.1) is 0 Å². The van der Waals surface area contributed by atoms with E-state index in [1.165, 1.54) is 0 Å². The van der Waals surface area contributed by atoms with Gasteiger partial charge in [0, 0.05) is 19.2 Å². The number of hydrogen-bond acceptors (Lipinski definition) is 2. The van der Waals surface area contributed by atoms with Gasteiger partial charge in [-0.1, -0.05) is 6.92 Å². The minimum atomic E-state index is 0.476. The maximum absolute atomic E-state index is 10.1. The molecule has 3 nitrogen and oxygen atoms in total. The van der Waals surface area contributed by atoms with Crippen LogP contribution in [0.15, 0.2) is 12.4 Å². The summed E-state index contributed by atoms with van der Waals surface area (Å²) in [6, 6.07) is 0. The van der Waals surface area contributed by atoms with Gasteiger partial charge in [0.15, 0.2) is 0 Å². The molecular formula is C8H12N2O. The molecule has 3 heteroatoms. The molecule has 0 aromatic carbocycles. The SMILES string of the molecule is CCCn1cc(CC=O)cn1. The van der Waals surface area contributed by atoms with E-state index in [0.717, 1.165) is 24.8 Å². The van der Waals surface area contributed by atoms with Crippen LogP contribution in [0.4, 0.5) is 0 Å². The highest BCUT2D eigenvalue weighted by atomic mass is 16.1. The summed E-state index contributed by atoms with van der Waals surface area (Å²) in [5.74, 6) is 0. The summed E-state index contributed by atoms with van der Waals surface area (Å²) in [6.07, 6.45) is 6.10. The Bertz CT molecular complexity index is 230. The molecule has 0 radical (unpaired) electrons. The first-order valence-corrected chi connectivity index (χ1v) is 3.81. The monoisotopic (exact) mass is 152 g/mol. The van der Waals surface area contributed by atoms with Crippen LogP contribution in [0, 0.1) is 0 Å². The Morgan fingerprint density at radius 1 is 1.73 bits per heavy atom. The van der Waals surface area contributed by atoms with Crippen LogP contribution in [0.2, 0.25) is 0 Å². The minimum absolute atomic E-state index is 0.476. The lowest BCUT2D eigenvalue weighted by molar-refractivity contribution is -0.107. The smallest absolute Gasteiger partial charge is 0.124 e. The maximum atomic E-state index is 10.1. The van der Waals surface area contributed by atoms with Gasteiger partial charge in [-0.2, -0.15) is 5.10 Å². The standard InChI is InChI=1S/C8H12N2O/c1-2-4-10-7-8(3-5-11)6-9-10/h5-7H,2-4H2,1H3. The molecule has 0 aliphatic rings. The summed E-state index contributed by atoms with van der Waals surface area (Å²) >= 11 is 0. The van der Waals surface area contributed by atoms with Gasteiger partial charge in [0.1, 0.15) is 6.29 Å². The summed E-state index contributed by atoms with van der Waals surface area (Å²) in [6.45, 7) is 3.03. The number of carbonyl (C=O) groups excluding carboxylic acids is 1. The molecule has 0 atom stereocenters. The third-order valence-electron chi connectivity index (χ3n) is 1.46. The molecular weight excluding hydrogens is 140 g/mol. The van der Waals surface area contributed by atoms with Crippen molar-refractivity contribution in [1.82, 2.24) is 9.78 Å². The fraction of sp³-hybridized carbons (Fsp3) is 0.500. The van der Waals surface area contributed by atoms with Gasteiger partial charge in [-0.25, -0.2) is 0 Å². The molecule has 0 bridgehead atoms. The van der Waals surface area contributed by atoms with Crippen molar-refractivity contribution in [3.8, 4) is 0 Å². The third kappa shape index (κ3) is 2.18. The van der Waals surface area contributed by atoms with Crippen molar-refractivity contribution in [3.05, 3.63) is 18.0 Å².